The molecule has 1 aromatic carbocycles. The normalized spacial score (nSPS) is 20.3. The van der Waals surface area contributed by atoms with Crippen LogP contribution in [-0.2, 0) is 24.5 Å². The van der Waals surface area contributed by atoms with Gasteiger partial charge in [-0.05, 0) is 18.6 Å². The molecule has 2 rings (SSSR count). The molecule has 9 heteroatoms. The fourth-order valence-electron chi connectivity index (χ4n) is 2.49. The third kappa shape index (κ3) is 4.45. The molecule has 1 fully saturated rings. The van der Waals surface area contributed by atoms with Gasteiger partial charge in [-0.1, -0.05) is 23.7 Å². The van der Waals surface area contributed by atoms with Crippen LogP contribution in [0.4, 0.5) is 0 Å². The van der Waals surface area contributed by atoms with E-state index < -0.39 is 19.7 Å². The van der Waals surface area contributed by atoms with E-state index in [0.717, 1.165) is 0 Å². The summed E-state index contributed by atoms with van der Waals surface area (Å²) in [4.78, 5) is 13.5. The third-order valence-corrected chi connectivity index (χ3v) is 7.87. The summed E-state index contributed by atoms with van der Waals surface area (Å²) < 4.78 is 47.4. The van der Waals surface area contributed by atoms with E-state index in [1.807, 2.05) is 0 Å². The quantitative estimate of drug-likeness (QED) is 0.765. The van der Waals surface area contributed by atoms with Crippen molar-refractivity contribution < 1.29 is 21.6 Å². The second kappa shape index (κ2) is 6.78. The van der Waals surface area contributed by atoms with Gasteiger partial charge in [0.25, 0.3) is 0 Å². The van der Waals surface area contributed by atoms with Gasteiger partial charge in [-0.25, -0.2) is 16.8 Å². The molecular formula is C14H18ClNO5S2. The van der Waals surface area contributed by atoms with E-state index in [2.05, 4.69) is 0 Å². The van der Waals surface area contributed by atoms with Gasteiger partial charge in [0, 0.05) is 19.5 Å². The third-order valence-electron chi connectivity index (χ3n) is 3.91. The molecule has 1 unspecified atom stereocenters. The summed E-state index contributed by atoms with van der Waals surface area (Å²) in [5.74, 6) is -0.748. The van der Waals surface area contributed by atoms with Crippen LogP contribution in [0.15, 0.2) is 29.2 Å². The minimum Gasteiger partial charge on any atom is -0.342 e. The number of benzene rings is 1. The van der Waals surface area contributed by atoms with Crippen LogP contribution >= 0.6 is 11.6 Å². The van der Waals surface area contributed by atoms with E-state index in [4.69, 9.17) is 11.6 Å². The molecule has 0 saturated carbocycles. The Morgan fingerprint density at radius 2 is 2.00 bits per heavy atom. The van der Waals surface area contributed by atoms with Gasteiger partial charge in [-0.15, -0.1) is 0 Å². The van der Waals surface area contributed by atoms with Crippen LogP contribution in [-0.4, -0.2) is 58.0 Å². The summed E-state index contributed by atoms with van der Waals surface area (Å²) in [6, 6.07) is 5.69. The largest absolute Gasteiger partial charge is 0.342 e. The summed E-state index contributed by atoms with van der Waals surface area (Å²) in [7, 11) is -5.25. The maximum Gasteiger partial charge on any atom is 0.223 e. The minimum atomic E-state index is -3.66. The van der Waals surface area contributed by atoms with E-state index in [-0.39, 0.29) is 45.5 Å². The molecule has 0 bridgehead atoms. The summed E-state index contributed by atoms with van der Waals surface area (Å²) in [5.41, 5.74) is 0. The molecule has 23 heavy (non-hydrogen) atoms. The zero-order valence-corrected chi connectivity index (χ0v) is 15.0. The van der Waals surface area contributed by atoms with Gasteiger partial charge in [0.2, 0.25) is 5.91 Å². The Bertz CT molecular complexity index is 804. The fraction of sp³-hybridized carbons (Fsp3) is 0.500. The van der Waals surface area contributed by atoms with Crippen LogP contribution in [0.1, 0.15) is 12.8 Å². The van der Waals surface area contributed by atoms with Crippen molar-refractivity contribution in [2.75, 3.05) is 24.3 Å². The van der Waals surface area contributed by atoms with Crippen molar-refractivity contribution in [3.8, 4) is 0 Å². The number of nitrogens with zero attached hydrogens (tertiary/aromatic N) is 1. The number of rotatable bonds is 5. The highest BCUT2D eigenvalue weighted by Crippen LogP contribution is 2.23. The number of sulfone groups is 2. The van der Waals surface area contributed by atoms with Crippen molar-refractivity contribution in [1.29, 1.82) is 0 Å². The van der Waals surface area contributed by atoms with Crippen LogP contribution in [0.25, 0.3) is 0 Å². The van der Waals surface area contributed by atoms with Gasteiger partial charge in [-0.2, -0.15) is 0 Å². The van der Waals surface area contributed by atoms with Gasteiger partial charge >= 0.3 is 0 Å². The number of carbonyl (C=O) groups is 1. The molecule has 6 nitrogen and oxygen atoms in total. The lowest BCUT2D eigenvalue weighted by atomic mass is 10.2. The number of halogens is 1. The van der Waals surface area contributed by atoms with E-state index in [1.165, 1.54) is 24.1 Å². The monoisotopic (exact) mass is 379 g/mol. The predicted octanol–water partition coefficient (Wildman–Crippen LogP) is 1.15. The van der Waals surface area contributed by atoms with Crippen LogP contribution in [0, 0.1) is 0 Å². The maximum absolute atomic E-state index is 12.3. The van der Waals surface area contributed by atoms with Crippen molar-refractivity contribution in [3.63, 3.8) is 0 Å². The Labute approximate surface area is 141 Å². The first-order valence-electron chi connectivity index (χ1n) is 7.06. The Kier molecular flexibility index (Phi) is 5.37. The zero-order chi connectivity index (χ0) is 17.3. The lowest BCUT2D eigenvalue weighted by molar-refractivity contribution is -0.131. The van der Waals surface area contributed by atoms with Gasteiger partial charge in [-0.3, -0.25) is 4.79 Å². The predicted molar refractivity (Wildman–Crippen MR) is 88.0 cm³/mol. The summed E-state index contributed by atoms with van der Waals surface area (Å²) in [6.45, 7) is 0. The zero-order valence-electron chi connectivity index (χ0n) is 12.6. The standard InChI is InChI=1S/C14H18ClNO5S2/c1-16(11-6-8-22(18,19)10-11)14(17)7-9-23(20,21)13-5-3-2-4-12(13)15/h2-5,11H,6-10H2,1H3. The Hall–Kier alpha value is -1.12. The molecule has 1 heterocycles. The number of amides is 1. The molecule has 0 aromatic heterocycles. The van der Waals surface area contributed by atoms with E-state index in [9.17, 15) is 21.6 Å². The molecule has 1 saturated heterocycles. The first-order valence-corrected chi connectivity index (χ1v) is 10.9. The van der Waals surface area contributed by atoms with Gasteiger partial charge < -0.3 is 4.90 Å². The van der Waals surface area contributed by atoms with Crippen LogP contribution in [0.5, 0.6) is 0 Å². The summed E-state index contributed by atoms with van der Waals surface area (Å²) in [6.07, 6.45) is 0.183. The molecule has 1 aromatic rings. The Morgan fingerprint density at radius 3 is 2.57 bits per heavy atom. The molecule has 128 valence electrons. The smallest absolute Gasteiger partial charge is 0.223 e. The van der Waals surface area contributed by atoms with E-state index in [1.54, 1.807) is 12.1 Å². The average Bonchev–Trinajstić information content (AvgIpc) is 2.84. The molecule has 1 aliphatic rings. The topological polar surface area (TPSA) is 88.6 Å². The minimum absolute atomic E-state index is 0.000522. The van der Waals surface area contributed by atoms with E-state index in [0.29, 0.717) is 6.42 Å². The molecule has 0 aliphatic carbocycles. The highest BCUT2D eigenvalue weighted by atomic mass is 35.5. The number of hydrogen-bond donors (Lipinski definition) is 0. The van der Waals surface area contributed by atoms with Crippen molar-refractivity contribution in [2.45, 2.75) is 23.8 Å². The van der Waals surface area contributed by atoms with Crippen LogP contribution in [0.2, 0.25) is 5.02 Å². The van der Waals surface area contributed by atoms with Crippen LogP contribution < -0.4 is 0 Å². The molecule has 0 N–H and O–H groups in total. The van der Waals surface area contributed by atoms with Gasteiger partial charge in [0.05, 0.1) is 27.2 Å². The number of hydrogen-bond acceptors (Lipinski definition) is 5. The first-order chi connectivity index (χ1) is 10.6. The lowest BCUT2D eigenvalue weighted by Gasteiger charge is -2.23. The average molecular weight is 380 g/mol. The molecule has 1 aliphatic heterocycles. The second-order valence-electron chi connectivity index (χ2n) is 5.56. The van der Waals surface area contributed by atoms with Gasteiger partial charge in [0.15, 0.2) is 19.7 Å². The van der Waals surface area contributed by atoms with E-state index >= 15 is 0 Å². The number of carbonyl (C=O) groups excluding carboxylic acids is 1. The Morgan fingerprint density at radius 1 is 1.35 bits per heavy atom. The molecule has 0 spiro atoms. The van der Waals surface area contributed by atoms with Crippen molar-refractivity contribution >= 4 is 37.2 Å². The Balaban J connectivity index is 2.00. The maximum atomic E-state index is 12.3. The van der Waals surface area contributed by atoms with Crippen LogP contribution in [0.3, 0.4) is 0 Å². The van der Waals surface area contributed by atoms with Gasteiger partial charge in [0.1, 0.15) is 0 Å². The molecule has 1 atom stereocenters. The van der Waals surface area contributed by atoms with Crippen molar-refractivity contribution in [2.24, 2.45) is 0 Å². The van der Waals surface area contributed by atoms with Crippen molar-refractivity contribution in [3.05, 3.63) is 29.3 Å². The molecule has 1 amide bonds. The fourth-order valence-corrected chi connectivity index (χ4v) is 6.07. The highest BCUT2D eigenvalue weighted by molar-refractivity contribution is 7.91. The first kappa shape index (κ1) is 18.2. The second-order valence-corrected chi connectivity index (χ2v) is 10.3. The SMILES string of the molecule is CN(C(=O)CCS(=O)(=O)c1ccccc1Cl)C1CCS(=O)(=O)C1. The lowest BCUT2D eigenvalue weighted by Crippen LogP contribution is -2.38. The molecule has 0 radical (unpaired) electrons. The van der Waals surface area contributed by atoms with Crippen molar-refractivity contribution in [1.82, 2.24) is 4.90 Å². The summed E-state index contributed by atoms with van der Waals surface area (Å²) >= 11 is 5.88. The summed E-state index contributed by atoms with van der Waals surface area (Å²) in [5, 5.41) is 0.121. The highest BCUT2D eigenvalue weighted by Gasteiger charge is 2.33. The molecular weight excluding hydrogens is 362 g/mol.